The van der Waals surface area contributed by atoms with Crippen molar-refractivity contribution in [1.29, 1.82) is 0 Å². The quantitative estimate of drug-likeness (QED) is 0.619. The molecule has 0 aliphatic rings. The zero-order valence-electron chi connectivity index (χ0n) is 10.6. The molecule has 2 rings (SSSR count). The number of ether oxygens (including phenoxy) is 1. The summed E-state index contributed by atoms with van der Waals surface area (Å²) in [6.45, 7) is 3.01. The first-order valence-electron chi connectivity index (χ1n) is 5.91. The summed E-state index contributed by atoms with van der Waals surface area (Å²) in [5.74, 6) is 6.56. The summed E-state index contributed by atoms with van der Waals surface area (Å²) in [5.41, 5.74) is 3.91. The molecule has 2 heterocycles. The standard InChI is InChI=1S/C12H18N4OS/c1-3-7-16-9(4-6-14-16)11(15-13)12-10(17-2)5-8-18-12/h4-6,8,11,15H,3,7,13H2,1-2H3. The van der Waals surface area contributed by atoms with Crippen molar-refractivity contribution in [3.63, 3.8) is 0 Å². The number of nitrogens with two attached hydrogens (primary N) is 1. The Kier molecular flexibility index (Phi) is 4.35. The summed E-state index contributed by atoms with van der Waals surface area (Å²) in [5, 5.41) is 6.32. The Morgan fingerprint density at radius 3 is 3.06 bits per heavy atom. The summed E-state index contributed by atoms with van der Waals surface area (Å²) in [6, 6.07) is 3.85. The zero-order valence-corrected chi connectivity index (χ0v) is 11.4. The maximum atomic E-state index is 5.70. The van der Waals surface area contributed by atoms with Gasteiger partial charge in [0.1, 0.15) is 11.8 Å². The highest BCUT2D eigenvalue weighted by molar-refractivity contribution is 7.10. The Morgan fingerprint density at radius 2 is 2.39 bits per heavy atom. The Bertz CT molecular complexity index is 494. The highest BCUT2D eigenvalue weighted by atomic mass is 32.1. The van der Waals surface area contributed by atoms with Gasteiger partial charge in [0.2, 0.25) is 0 Å². The number of hydrogen-bond donors (Lipinski definition) is 2. The van der Waals surface area contributed by atoms with Crippen LogP contribution in [0.25, 0.3) is 0 Å². The maximum absolute atomic E-state index is 5.70. The summed E-state index contributed by atoms with van der Waals surface area (Å²) in [6.07, 6.45) is 2.84. The second kappa shape index (κ2) is 5.99. The highest BCUT2D eigenvalue weighted by Crippen LogP contribution is 2.34. The van der Waals surface area contributed by atoms with Gasteiger partial charge in [-0.3, -0.25) is 10.5 Å². The fraction of sp³-hybridized carbons (Fsp3) is 0.417. The number of nitrogens with one attached hydrogen (secondary N) is 1. The van der Waals surface area contributed by atoms with Crippen molar-refractivity contribution < 1.29 is 4.74 Å². The van der Waals surface area contributed by atoms with Crippen LogP contribution < -0.4 is 16.0 Å². The smallest absolute Gasteiger partial charge is 0.134 e. The molecule has 6 heteroatoms. The van der Waals surface area contributed by atoms with Crippen LogP contribution >= 0.6 is 11.3 Å². The van der Waals surface area contributed by atoms with Gasteiger partial charge in [-0.05, 0) is 23.9 Å². The Labute approximate surface area is 111 Å². The molecular formula is C12H18N4OS. The molecule has 0 fully saturated rings. The first-order valence-corrected chi connectivity index (χ1v) is 6.79. The fourth-order valence-electron chi connectivity index (χ4n) is 1.97. The third-order valence-corrected chi connectivity index (χ3v) is 3.75. The highest BCUT2D eigenvalue weighted by Gasteiger charge is 2.21. The van der Waals surface area contributed by atoms with Crippen molar-refractivity contribution in [3.05, 3.63) is 34.3 Å². The summed E-state index contributed by atoms with van der Waals surface area (Å²) < 4.78 is 7.33. The Hall–Kier alpha value is -1.37. The van der Waals surface area contributed by atoms with Crippen LogP contribution in [0.3, 0.4) is 0 Å². The molecule has 1 unspecified atom stereocenters. The van der Waals surface area contributed by atoms with E-state index >= 15 is 0 Å². The molecule has 0 bridgehead atoms. The number of thiophene rings is 1. The lowest BCUT2D eigenvalue weighted by Gasteiger charge is -2.17. The lowest BCUT2D eigenvalue weighted by molar-refractivity contribution is 0.405. The number of aryl methyl sites for hydroxylation is 1. The second-order valence-electron chi connectivity index (χ2n) is 3.93. The third kappa shape index (κ3) is 2.40. The van der Waals surface area contributed by atoms with Gasteiger partial charge in [-0.2, -0.15) is 5.10 Å². The molecule has 0 spiro atoms. The van der Waals surface area contributed by atoms with E-state index in [0.717, 1.165) is 29.3 Å². The molecule has 2 aromatic rings. The van der Waals surface area contributed by atoms with Crippen LogP contribution in [0, 0.1) is 0 Å². The number of nitrogens with zero attached hydrogens (tertiary/aromatic N) is 2. The van der Waals surface area contributed by atoms with Crippen LogP contribution in [0.15, 0.2) is 23.7 Å². The number of methoxy groups -OCH3 is 1. The number of aromatic nitrogens is 2. The molecular weight excluding hydrogens is 248 g/mol. The SMILES string of the molecule is CCCn1nccc1C(NN)c1sccc1OC. The average Bonchev–Trinajstić information content (AvgIpc) is 3.01. The molecule has 0 aliphatic carbocycles. The van der Waals surface area contributed by atoms with Crippen LogP contribution in [0.4, 0.5) is 0 Å². The van der Waals surface area contributed by atoms with E-state index < -0.39 is 0 Å². The predicted molar refractivity (Wildman–Crippen MR) is 72.6 cm³/mol. The number of hydrogen-bond acceptors (Lipinski definition) is 5. The van der Waals surface area contributed by atoms with Crippen molar-refractivity contribution in [2.75, 3.05) is 7.11 Å². The van der Waals surface area contributed by atoms with E-state index in [-0.39, 0.29) is 6.04 Å². The van der Waals surface area contributed by atoms with E-state index in [0.29, 0.717) is 0 Å². The molecule has 0 aromatic carbocycles. The van der Waals surface area contributed by atoms with Crippen LogP contribution in [-0.4, -0.2) is 16.9 Å². The average molecular weight is 266 g/mol. The fourth-order valence-corrected chi connectivity index (χ4v) is 2.90. The maximum Gasteiger partial charge on any atom is 0.134 e. The molecule has 0 aliphatic heterocycles. The van der Waals surface area contributed by atoms with Gasteiger partial charge in [-0.15, -0.1) is 11.3 Å². The van der Waals surface area contributed by atoms with Crippen LogP contribution in [-0.2, 0) is 6.54 Å². The van der Waals surface area contributed by atoms with Gasteiger partial charge < -0.3 is 4.74 Å². The van der Waals surface area contributed by atoms with E-state index in [9.17, 15) is 0 Å². The van der Waals surface area contributed by atoms with Gasteiger partial charge in [0.15, 0.2) is 0 Å². The lowest BCUT2D eigenvalue weighted by atomic mass is 10.1. The molecule has 18 heavy (non-hydrogen) atoms. The van der Waals surface area contributed by atoms with Crippen molar-refractivity contribution >= 4 is 11.3 Å². The predicted octanol–water partition coefficient (Wildman–Crippen LogP) is 1.92. The van der Waals surface area contributed by atoms with Gasteiger partial charge in [-0.1, -0.05) is 6.92 Å². The third-order valence-electron chi connectivity index (χ3n) is 2.79. The zero-order chi connectivity index (χ0) is 13.0. The van der Waals surface area contributed by atoms with Crippen molar-refractivity contribution in [2.45, 2.75) is 25.9 Å². The van der Waals surface area contributed by atoms with Gasteiger partial charge >= 0.3 is 0 Å². The molecule has 0 amide bonds. The monoisotopic (exact) mass is 266 g/mol. The summed E-state index contributed by atoms with van der Waals surface area (Å²) in [7, 11) is 1.67. The van der Waals surface area contributed by atoms with Crippen molar-refractivity contribution in [1.82, 2.24) is 15.2 Å². The van der Waals surface area contributed by atoms with Gasteiger partial charge in [-0.25, -0.2) is 5.43 Å². The molecule has 1 atom stereocenters. The minimum absolute atomic E-state index is 0.0889. The summed E-state index contributed by atoms with van der Waals surface area (Å²) in [4.78, 5) is 1.07. The van der Waals surface area contributed by atoms with Crippen LogP contribution in [0.2, 0.25) is 0 Å². The number of hydrazine groups is 1. The minimum Gasteiger partial charge on any atom is -0.496 e. The lowest BCUT2D eigenvalue weighted by Crippen LogP contribution is -2.30. The first kappa shape index (κ1) is 13.1. The molecule has 5 nitrogen and oxygen atoms in total. The van der Waals surface area contributed by atoms with Crippen molar-refractivity contribution in [2.24, 2.45) is 5.84 Å². The molecule has 2 aromatic heterocycles. The molecule has 0 radical (unpaired) electrons. The largest absolute Gasteiger partial charge is 0.496 e. The van der Waals surface area contributed by atoms with E-state index in [1.54, 1.807) is 24.6 Å². The van der Waals surface area contributed by atoms with Gasteiger partial charge in [0.05, 0.1) is 17.7 Å². The first-order chi connectivity index (χ1) is 8.81. The number of rotatable bonds is 6. The normalized spacial score (nSPS) is 12.6. The van der Waals surface area contributed by atoms with Crippen LogP contribution in [0.1, 0.15) is 30.0 Å². The topological polar surface area (TPSA) is 65.1 Å². The molecule has 3 N–H and O–H groups in total. The van der Waals surface area contributed by atoms with E-state index in [4.69, 9.17) is 10.6 Å². The van der Waals surface area contributed by atoms with Gasteiger partial charge in [0, 0.05) is 12.7 Å². The van der Waals surface area contributed by atoms with Crippen molar-refractivity contribution in [3.8, 4) is 5.75 Å². The minimum atomic E-state index is -0.0889. The molecule has 0 saturated carbocycles. The van der Waals surface area contributed by atoms with E-state index in [2.05, 4.69) is 17.4 Å². The Morgan fingerprint density at radius 1 is 1.56 bits per heavy atom. The van der Waals surface area contributed by atoms with Crippen LogP contribution in [0.5, 0.6) is 5.75 Å². The van der Waals surface area contributed by atoms with E-state index in [1.165, 1.54) is 0 Å². The summed E-state index contributed by atoms with van der Waals surface area (Å²) >= 11 is 1.62. The van der Waals surface area contributed by atoms with Gasteiger partial charge in [0.25, 0.3) is 0 Å². The van der Waals surface area contributed by atoms with E-state index in [1.807, 2.05) is 22.2 Å². The molecule has 0 saturated heterocycles. The Balaban J connectivity index is 2.36. The second-order valence-corrected chi connectivity index (χ2v) is 4.88. The molecule has 98 valence electrons.